The molecule has 1 aliphatic rings. The van der Waals surface area contributed by atoms with Gasteiger partial charge in [0.2, 0.25) is 0 Å². The van der Waals surface area contributed by atoms with Crippen molar-refractivity contribution in [2.24, 2.45) is 0 Å². The number of para-hydroxylation sites is 1. The lowest BCUT2D eigenvalue weighted by molar-refractivity contribution is 0.0625. The van der Waals surface area contributed by atoms with Crippen molar-refractivity contribution in [3.8, 4) is 0 Å². The summed E-state index contributed by atoms with van der Waals surface area (Å²) >= 11 is 0. The van der Waals surface area contributed by atoms with Gasteiger partial charge in [0, 0.05) is 38.1 Å². The van der Waals surface area contributed by atoms with Crippen LogP contribution in [0.5, 0.6) is 0 Å². The maximum atomic E-state index is 12.9. The normalized spacial score (nSPS) is 15.4. The number of nitrogens with one attached hydrogen (secondary N) is 1. The highest BCUT2D eigenvalue weighted by atomic mass is 16.2. The van der Waals surface area contributed by atoms with E-state index in [9.17, 15) is 4.79 Å². The first kappa shape index (κ1) is 17.0. The van der Waals surface area contributed by atoms with Crippen molar-refractivity contribution in [3.05, 3.63) is 78.0 Å². The quantitative estimate of drug-likeness (QED) is 0.599. The SMILES string of the molecule is O=C(c1n[nH]c2ccccc12)N1CCN(Cc2cccc3ccccc23)CC1. The molecule has 3 aromatic carbocycles. The van der Waals surface area contributed by atoms with E-state index in [1.54, 1.807) is 0 Å². The molecule has 140 valence electrons. The predicted molar refractivity (Wildman–Crippen MR) is 111 cm³/mol. The number of hydrogen-bond acceptors (Lipinski definition) is 3. The molecule has 0 unspecified atom stereocenters. The second-order valence-corrected chi connectivity index (χ2v) is 7.32. The van der Waals surface area contributed by atoms with Crippen LogP contribution in [-0.2, 0) is 6.54 Å². The second kappa shape index (κ2) is 7.09. The summed E-state index contributed by atoms with van der Waals surface area (Å²) in [5.41, 5.74) is 2.77. The summed E-state index contributed by atoms with van der Waals surface area (Å²) in [4.78, 5) is 17.3. The highest BCUT2D eigenvalue weighted by Gasteiger charge is 2.25. The second-order valence-electron chi connectivity index (χ2n) is 7.32. The predicted octanol–water partition coefficient (Wildman–Crippen LogP) is 3.67. The first-order chi connectivity index (χ1) is 13.8. The number of carbonyl (C=O) groups is 1. The lowest BCUT2D eigenvalue weighted by Gasteiger charge is -2.34. The van der Waals surface area contributed by atoms with Crippen LogP contribution in [0.15, 0.2) is 66.7 Å². The van der Waals surface area contributed by atoms with Gasteiger partial charge in [0.25, 0.3) is 5.91 Å². The highest BCUT2D eigenvalue weighted by Crippen LogP contribution is 2.21. The molecule has 1 N–H and O–H groups in total. The third-order valence-corrected chi connectivity index (χ3v) is 5.61. The van der Waals surface area contributed by atoms with Crippen LogP contribution in [0.3, 0.4) is 0 Å². The third kappa shape index (κ3) is 3.04. The Kier molecular flexibility index (Phi) is 4.29. The van der Waals surface area contributed by atoms with E-state index in [0.29, 0.717) is 5.69 Å². The minimum Gasteiger partial charge on any atom is -0.335 e. The molecule has 1 saturated heterocycles. The molecule has 1 amide bonds. The minimum absolute atomic E-state index is 0.0160. The summed E-state index contributed by atoms with van der Waals surface area (Å²) in [7, 11) is 0. The van der Waals surface area contributed by atoms with Gasteiger partial charge in [-0.25, -0.2) is 0 Å². The van der Waals surface area contributed by atoms with Crippen molar-refractivity contribution in [1.29, 1.82) is 0 Å². The fraction of sp³-hybridized carbons (Fsp3) is 0.217. The van der Waals surface area contributed by atoms with Crippen LogP contribution in [0, 0.1) is 0 Å². The number of benzene rings is 3. The number of amides is 1. The number of fused-ring (bicyclic) bond motifs is 2. The van der Waals surface area contributed by atoms with Gasteiger partial charge in [0.1, 0.15) is 0 Å². The zero-order valence-electron chi connectivity index (χ0n) is 15.6. The average Bonchev–Trinajstić information content (AvgIpc) is 3.18. The van der Waals surface area contributed by atoms with Crippen LogP contribution in [0.2, 0.25) is 0 Å². The number of nitrogens with zero attached hydrogens (tertiary/aromatic N) is 3. The molecule has 5 heteroatoms. The van der Waals surface area contributed by atoms with E-state index >= 15 is 0 Å². The van der Waals surface area contributed by atoms with Gasteiger partial charge in [-0.3, -0.25) is 14.8 Å². The summed E-state index contributed by atoms with van der Waals surface area (Å²) in [6.07, 6.45) is 0. The van der Waals surface area contributed by atoms with Crippen LogP contribution in [-0.4, -0.2) is 52.1 Å². The van der Waals surface area contributed by atoms with E-state index in [-0.39, 0.29) is 5.91 Å². The van der Waals surface area contributed by atoms with Crippen molar-refractivity contribution in [2.45, 2.75) is 6.54 Å². The van der Waals surface area contributed by atoms with Gasteiger partial charge in [-0.15, -0.1) is 0 Å². The Morgan fingerprint density at radius 1 is 0.857 bits per heavy atom. The topological polar surface area (TPSA) is 52.2 Å². The molecule has 1 aliphatic heterocycles. The van der Waals surface area contributed by atoms with Gasteiger partial charge < -0.3 is 4.90 Å². The number of H-pyrrole nitrogens is 1. The number of piperazine rings is 1. The molecular formula is C23H22N4O. The van der Waals surface area contributed by atoms with E-state index in [4.69, 9.17) is 0 Å². The van der Waals surface area contributed by atoms with Gasteiger partial charge >= 0.3 is 0 Å². The first-order valence-electron chi connectivity index (χ1n) is 9.71. The van der Waals surface area contributed by atoms with Crippen LogP contribution >= 0.6 is 0 Å². The van der Waals surface area contributed by atoms with Gasteiger partial charge in [0.15, 0.2) is 5.69 Å². The molecule has 0 bridgehead atoms. The number of carbonyl (C=O) groups excluding carboxylic acids is 1. The molecule has 28 heavy (non-hydrogen) atoms. The van der Waals surface area contributed by atoms with Crippen molar-refractivity contribution in [3.63, 3.8) is 0 Å². The van der Waals surface area contributed by atoms with Gasteiger partial charge in [-0.2, -0.15) is 5.10 Å². The van der Waals surface area contributed by atoms with Gasteiger partial charge in [0.05, 0.1) is 5.52 Å². The Hall–Kier alpha value is -3.18. The molecule has 5 nitrogen and oxygen atoms in total. The van der Waals surface area contributed by atoms with Gasteiger partial charge in [-0.1, -0.05) is 60.7 Å². The summed E-state index contributed by atoms with van der Waals surface area (Å²) < 4.78 is 0. The highest BCUT2D eigenvalue weighted by molar-refractivity contribution is 6.04. The lowest BCUT2D eigenvalue weighted by Crippen LogP contribution is -2.48. The maximum Gasteiger partial charge on any atom is 0.275 e. The van der Waals surface area contributed by atoms with Crippen molar-refractivity contribution in [1.82, 2.24) is 20.0 Å². The molecule has 2 heterocycles. The molecule has 0 atom stereocenters. The van der Waals surface area contributed by atoms with Crippen LogP contribution in [0.4, 0.5) is 0 Å². The zero-order chi connectivity index (χ0) is 18.9. The molecule has 1 aromatic heterocycles. The van der Waals surface area contributed by atoms with E-state index < -0.39 is 0 Å². The van der Waals surface area contributed by atoms with E-state index in [0.717, 1.165) is 43.6 Å². The number of rotatable bonds is 3. The summed E-state index contributed by atoms with van der Waals surface area (Å²) in [5, 5.41) is 10.7. The van der Waals surface area contributed by atoms with Crippen molar-refractivity contribution in [2.75, 3.05) is 26.2 Å². The molecule has 0 spiro atoms. The zero-order valence-corrected chi connectivity index (χ0v) is 15.6. The molecule has 4 aromatic rings. The summed E-state index contributed by atoms with van der Waals surface area (Å²) in [6.45, 7) is 4.11. The van der Waals surface area contributed by atoms with Crippen LogP contribution < -0.4 is 0 Å². The molecule has 1 fully saturated rings. The molecule has 0 saturated carbocycles. The number of aromatic amines is 1. The molecule has 5 rings (SSSR count). The third-order valence-electron chi connectivity index (χ3n) is 5.61. The van der Waals surface area contributed by atoms with E-state index in [1.165, 1.54) is 16.3 Å². The maximum absolute atomic E-state index is 12.9. The molecule has 0 aliphatic carbocycles. The smallest absolute Gasteiger partial charge is 0.275 e. The fourth-order valence-corrected chi connectivity index (χ4v) is 4.06. The molecular weight excluding hydrogens is 348 g/mol. The minimum atomic E-state index is 0.0160. The Morgan fingerprint density at radius 3 is 2.43 bits per heavy atom. The van der Waals surface area contributed by atoms with Crippen molar-refractivity contribution < 1.29 is 4.79 Å². The standard InChI is InChI=1S/C23H22N4O/c28-23(22-20-10-3-4-11-21(20)24-25-22)27-14-12-26(13-15-27)16-18-8-5-7-17-6-1-2-9-19(17)18/h1-11H,12-16H2,(H,24,25). The summed E-state index contributed by atoms with van der Waals surface area (Å²) in [6, 6.07) is 22.8. The average molecular weight is 370 g/mol. The molecule has 0 radical (unpaired) electrons. The van der Waals surface area contributed by atoms with E-state index in [2.05, 4.69) is 57.6 Å². The Morgan fingerprint density at radius 2 is 1.57 bits per heavy atom. The van der Waals surface area contributed by atoms with E-state index in [1.807, 2.05) is 29.2 Å². The Balaban J connectivity index is 1.28. The summed E-state index contributed by atoms with van der Waals surface area (Å²) in [5.74, 6) is 0.0160. The Bertz CT molecular complexity index is 1140. The number of hydrogen-bond donors (Lipinski definition) is 1. The van der Waals surface area contributed by atoms with Crippen LogP contribution in [0.1, 0.15) is 16.1 Å². The van der Waals surface area contributed by atoms with Gasteiger partial charge in [-0.05, 0) is 22.4 Å². The fourth-order valence-electron chi connectivity index (χ4n) is 4.06. The first-order valence-corrected chi connectivity index (χ1v) is 9.71. The largest absolute Gasteiger partial charge is 0.335 e. The number of aromatic nitrogens is 2. The lowest BCUT2D eigenvalue weighted by atomic mass is 10.0. The van der Waals surface area contributed by atoms with Crippen molar-refractivity contribution >= 4 is 27.6 Å². The monoisotopic (exact) mass is 370 g/mol. The Labute approximate surface area is 163 Å². The van der Waals surface area contributed by atoms with Crippen LogP contribution in [0.25, 0.3) is 21.7 Å².